The summed E-state index contributed by atoms with van der Waals surface area (Å²) in [5, 5.41) is -0.0890. The number of aromatic nitrogens is 3. The fraction of sp³-hybridized carbons (Fsp3) is 0.111. The van der Waals surface area contributed by atoms with Crippen molar-refractivity contribution in [2.24, 2.45) is 0 Å². The van der Waals surface area contributed by atoms with Crippen LogP contribution in [0.4, 0.5) is 17.6 Å². The summed E-state index contributed by atoms with van der Waals surface area (Å²) in [7, 11) is 0. The van der Waals surface area contributed by atoms with E-state index in [4.69, 9.17) is 11.6 Å². The van der Waals surface area contributed by atoms with Crippen LogP contribution in [0.15, 0.2) is 18.3 Å². The molecule has 0 aliphatic rings. The predicted octanol–water partition coefficient (Wildman–Crippen LogP) is 3.28. The van der Waals surface area contributed by atoms with E-state index in [0.29, 0.717) is 6.20 Å². The van der Waals surface area contributed by atoms with Gasteiger partial charge in [0.2, 0.25) is 5.95 Å². The van der Waals surface area contributed by atoms with Gasteiger partial charge < -0.3 is 4.98 Å². The molecule has 0 amide bonds. The number of nitrogens with one attached hydrogen (secondary N) is 1. The minimum atomic E-state index is -4.55. The molecule has 0 aliphatic carbocycles. The third-order valence-corrected chi connectivity index (χ3v) is 2.16. The van der Waals surface area contributed by atoms with Gasteiger partial charge in [0.25, 0.3) is 0 Å². The summed E-state index contributed by atoms with van der Waals surface area (Å²) in [6.45, 7) is 0. The van der Waals surface area contributed by atoms with E-state index in [1.54, 1.807) is 0 Å². The first kappa shape index (κ1) is 11.8. The second kappa shape index (κ2) is 3.99. The van der Waals surface area contributed by atoms with E-state index < -0.39 is 17.8 Å². The lowest BCUT2D eigenvalue weighted by Gasteiger charge is -2.02. The van der Waals surface area contributed by atoms with Crippen LogP contribution in [0.5, 0.6) is 0 Å². The summed E-state index contributed by atoms with van der Waals surface area (Å²) in [5.74, 6) is -1.24. The average molecular weight is 266 g/mol. The Kier molecular flexibility index (Phi) is 2.78. The van der Waals surface area contributed by atoms with Gasteiger partial charge in [0.1, 0.15) is 16.7 Å². The van der Waals surface area contributed by atoms with E-state index in [0.717, 1.165) is 0 Å². The van der Waals surface area contributed by atoms with Gasteiger partial charge in [-0.15, -0.1) is 0 Å². The van der Waals surface area contributed by atoms with Gasteiger partial charge in [0, 0.05) is 0 Å². The molecular weight excluding hydrogens is 262 g/mol. The number of halogens is 5. The van der Waals surface area contributed by atoms with E-state index in [9.17, 15) is 17.6 Å². The standard InChI is InChI=1S/C9H4ClF4N3/c10-6-2-1-4(7(11)17-6)8-15-3-5(16-8)9(12,13)14/h1-3H,(H,15,16). The van der Waals surface area contributed by atoms with Crippen LogP contribution in [-0.2, 0) is 6.18 Å². The summed E-state index contributed by atoms with van der Waals surface area (Å²) in [4.78, 5) is 8.69. The van der Waals surface area contributed by atoms with Gasteiger partial charge in [-0.05, 0) is 12.1 Å². The zero-order valence-corrected chi connectivity index (χ0v) is 8.77. The summed E-state index contributed by atoms with van der Waals surface area (Å²) >= 11 is 5.42. The number of rotatable bonds is 1. The molecule has 2 heterocycles. The molecule has 2 rings (SSSR count). The maximum atomic E-state index is 13.3. The molecule has 0 saturated heterocycles. The molecule has 3 nitrogen and oxygen atoms in total. The lowest BCUT2D eigenvalue weighted by molar-refractivity contribution is -0.140. The molecule has 0 fully saturated rings. The van der Waals surface area contributed by atoms with Crippen molar-refractivity contribution in [3.63, 3.8) is 0 Å². The third kappa shape index (κ3) is 2.38. The Labute approximate surface area is 97.5 Å². The number of nitrogens with zero attached hydrogens (tertiary/aromatic N) is 2. The van der Waals surface area contributed by atoms with Crippen molar-refractivity contribution in [1.29, 1.82) is 0 Å². The van der Waals surface area contributed by atoms with Gasteiger partial charge in [-0.3, -0.25) is 0 Å². The van der Waals surface area contributed by atoms with Crippen molar-refractivity contribution >= 4 is 11.6 Å². The largest absolute Gasteiger partial charge is 0.432 e. The number of pyridine rings is 1. The van der Waals surface area contributed by atoms with Crippen LogP contribution < -0.4 is 0 Å². The Morgan fingerprint density at radius 3 is 2.47 bits per heavy atom. The maximum Gasteiger partial charge on any atom is 0.432 e. The average Bonchev–Trinajstić information content (AvgIpc) is 2.65. The molecule has 0 unspecified atom stereocenters. The highest BCUT2D eigenvalue weighted by Gasteiger charge is 2.33. The van der Waals surface area contributed by atoms with Crippen LogP contribution in [0.1, 0.15) is 5.69 Å². The van der Waals surface area contributed by atoms with Gasteiger partial charge in [-0.2, -0.15) is 17.6 Å². The number of aromatic amines is 1. The molecule has 0 spiro atoms. The van der Waals surface area contributed by atoms with E-state index in [1.165, 1.54) is 12.1 Å². The molecule has 2 aromatic rings. The number of imidazole rings is 1. The molecule has 0 saturated carbocycles. The monoisotopic (exact) mass is 265 g/mol. The molecular formula is C9H4ClF4N3. The molecule has 0 aliphatic heterocycles. The fourth-order valence-corrected chi connectivity index (χ4v) is 1.33. The van der Waals surface area contributed by atoms with Crippen molar-refractivity contribution < 1.29 is 17.6 Å². The first-order chi connectivity index (χ1) is 7.88. The Bertz CT molecular complexity index is 549. The molecule has 0 aromatic carbocycles. The zero-order chi connectivity index (χ0) is 12.6. The summed E-state index contributed by atoms with van der Waals surface area (Å²) in [5.41, 5.74) is -1.23. The van der Waals surface area contributed by atoms with Gasteiger partial charge in [-0.1, -0.05) is 11.6 Å². The van der Waals surface area contributed by atoms with Crippen LogP contribution in [0.3, 0.4) is 0 Å². The first-order valence-corrected chi connectivity index (χ1v) is 4.70. The van der Waals surface area contributed by atoms with Crippen LogP contribution in [0.25, 0.3) is 11.4 Å². The summed E-state index contributed by atoms with van der Waals surface area (Å²) < 4.78 is 50.1. The van der Waals surface area contributed by atoms with E-state index >= 15 is 0 Å². The van der Waals surface area contributed by atoms with Crippen molar-refractivity contribution in [2.75, 3.05) is 0 Å². The Hall–Kier alpha value is -1.63. The number of hydrogen-bond donors (Lipinski definition) is 1. The molecule has 0 atom stereocenters. The highest BCUT2D eigenvalue weighted by Crippen LogP contribution is 2.29. The van der Waals surface area contributed by atoms with Crippen LogP contribution in [0.2, 0.25) is 5.15 Å². The van der Waals surface area contributed by atoms with Gasteiger partial charge in [0.15, 0.2) is 0 Å². The Morgan fingerprint density at radius 1 is 1.24 bits per heavy atom. The fourth-order valence-electron chi connectivity index (χ4n) is 1.19. The lowest BCUT2D eigenvalue weighted by atomic mass is 10.2. The quantitative estimate of drug-likeness (QED) is 0.635. The Morgan fingerprint density at radius 2 is 1.94 bits per heavy atom. The highest BCUT2D eigenvalue weighted by atomic mass is 35.5. The molecule has 2 aromatic heterocycles. The second-order valence-electron chi connectivity index (χ2n) is 3.12. The normalized spacial score (nSPS) is 11.8. The predicted molar refractivity (Wildman–Crippen MR) is 51.8 cm³/mol. The third-order valence-electron chi connectivity index (χ3n) is 1.95. The summed E-state index contributed by atoms with van der Waals surface area (Å²) in [6, 6.07) is 2.46. The zero-order valence-electron chi connectivity index (χ0n) is 8.02. The van der Waals surface area contributed by atoms with Gasteiger partial charge in [-0.25, -0.2) is 9.97 Å². The molecule has 1 N–H and O–H groups in total. The smallest absolute Gasteiger partial charge is 0.334 e. The number of H-pyrrole nitrogens is 1. The van der Waals surface area contributed by atoms with E-state index in [2.05, 4.69) is 9.97 Å². The second-order valence-corrected chi connectivity index (χ2v) is 3.50. The first-order valence-electron chi connectivity index (χ1n) is 4.32. The van der Waals surface area contributed by atoms with E-state index in [1.807, 2.05) is 4.98 Å². The van der Waals surface area contributed by atoms with Crippen molar-refractivity contribution in [1.82, 2.24) is 15.0 Å². The van der Waals surface area contributed by atoms with Gasteiger partial charge in [0.05, 0.1) is 11.8 Å². The van der Waals surface area contributed by atoms with Crippen molar-refractivity contribution in [3.05, 3.63) is 35.1 Å². The highest BCUT2D eigenvalue weighted by molar-refractivity contribution is 6.29. The minimum Gasteiger partial charge on any atom is -0.334 e. The molecule has 8 heteroatoms. The van der Waals surface area contributed by atoms with Gasteiger partial charge >= 0.3 is 6.18 Å². The van der Waals surface area contributed by atoms with Crippen LogP contribution >= 0.6 is 11.6 Å². The topological polar surface area (TPSA) is 41.6 Å². The Balaban J connectivity index is 2.44. The summed E-state index contributed by atoms with van der Waals surface area (Å²) in [6.07, 6.45) is -3.97. The SMILES string of the molecule is Fc1nc(Cl)ccc1-c1ncc(C(F)(F)F)[nH]1. The molecule has 0 radical (unpaired) electrons. The minimum absolute atomic E-state index is 0.0890. The molecule has 17 heavy (non-hydrogen) atoms. The molecule has 0 bridgehead atoms. The number of alkyl halides is 3. The van der Waals surface area contributed by atoms with Crippen LogP contribution in [-0.4, -0.2) is 15.0 Å². The molecule has 90 valence electrons. The maximum absolute atomic E-state index is 13.3. The van der Waals surface area contributed by atoms with Crippen molar-refractivity contribution in [3.8, 4) is 11.4 Å². The number of hydrogen-bond acceptors (Lipinski definition) is 2. The lowest BCUT2D eigenvalue weighted by Crippen LogP contribution is -2.05. The van der Waals surface area contributed by atoms with E-state index in [-0.39, 0.29) is 16.5 Å². The van der Waals surface area contributed by atoms with Crippen LogP contribution in [0, 0.1) is 5.95 Å². The van der Waals surface area contributed by atoms with Crippen molar-refractivity contribution in [2.45, 2.75) is 6.18 Å².